The van der Waals surface area contributed by atoms with Crippen molar-refractivity contribution in [1.82, 2.24) is 0 Å². The average molecular weight is 429 g/mol. The minimum atomic E-state index is -0.147. The number of fused-ring (bicyclic) bond motifs is 3. The molecule has 32 heavy (non-hydrogen) atoms. The molecule has 0 radical (unpaired) electrons. The van der Waals surface area contributed by atoms with Gasteiger partial charge in [0.1, 0.15) is 12.4 Å². The Bertz CT molecular complexity index is 1060. The van der Waals surface area contributed by atoms with Gasteiger partial charge in [-0.2, -0.15) is 0 Å². The molecule has 0 amide bonds. The second kappa shape index (κ2) is 9.11. The molecule has 0 fully saturated rings. The van der Waals surface area contributed by atoms with Crippen LogP contribution in [0.1, 0.15) is 60.6 Å². The van der Waals surface area contributed by atoms with Gasteiger partial charge in [0.2, 0.25) is 0 Å². The van der Waals surface area contributed by atoms with Crippen molar-refractivity contribution in [3.8, 4) is 16.9 Å². The standard InChI is InChI=1S/C30H36O2/c1-7-23-18-24(10-13-29(23)32-15-14-31-6)30(19-20(2)3)27-16-21(4)8-11-25(27)26-12-9-22(5)17-28(26)30/h8-13,16-18,20H,7,14-15,19H2,1-6H3. The van der Waals surface area contributed by atoms with Crippen LogP contribution in [0.2, 0.25) is 0 Å². The van der Waals surface area contributed by atoms with Crippen molar-refractivity contribution in [2.24, 2.45) is 5.92 Å². The van der Waals surface area contributed by atoms with Gasteiger partial charge in [-0.1, -0.05) is 80.4 Å². The zero-order valence-corrected chi connectivity index (χ0v) is 20.4. The molecule has 0 saturated heterocycles. The first-order valence-corrected chi connectivity index (χ1v) is 11.9. The minimum Gasteiger partial charge on any atom is -0.491 e. The van der Waals surface area contributed by atoms with E-state index in [1.165, 1.54) is 44.5 Å². The predicted molar refractivity (Wildman–Crippen MR) is 134 cm³/mol. The zero-order chi connectivity index (χ0) is 22.9. The number of aryl methyl sites for hydroxylation is 3. The highest BCUT2D eigenvalue weighted by Crippen LogP contribution is 2.56. The number of benzene rings is 3. The number of ether oxygens (including phenoxy) is 2. The molecule has 0 heterocycles. The van der Waals surface area contributed by atoms with Crippen LogP contribution in [0.4, 0.5) is 0 Å². The Labute approximate surface area is 193 Å². The van der Waals surface area contributed by atoms with E-state index in [9.17, 15) is 0 Å². The molecule has 0 spiro atoms. The van der Waals surface area contributed by atoms with Crippen molar-refractivity contribution in [2.45, 2.75) is 52.9 Å². The van der Waals surface area contributed by atoms with E-state index >= 15 is 0 Å². The molecular weight excluding hydrogens is 392 g/mol. The molecule has 1 aliphatic carbocycles. The van der Waals surface area contributed by atoms with Gasteiger partial charge in [0.25, 0.3) is 0 Å². The Kier molecular flexibility index (Phi) is 6.44. The van der Waals surface area contributed by atoms with Gasteiger partial charge in [-0.3, -0.25) is 0 Å². The topological polar surface area (TPSA) is 18.5 Å². The van der Waals surface area contributed by atoms with E-state index in [2.05, 4.69) is 89.2 Å². The van der Waals surface area contributed by atoms with E-state index < -0.39 is 0 Å². The van der Waals surface area contributed by atoms with Gasteiger partial charge in [0, 0.05) is 12.5 Å². The van der Waals surface area contributed by atoms with E-state index in [-0.39, 0.29) is 5.41 Å². The van der Waals surface area contributed by atoms with Crippen LogP contribution in [-0.2, 0) is 16.6 Å². The third-order valence-electron chi connectivity index (χ3n) is 6.75. The number of hydrogen-bond donors (Lipinski definition) is 0. The van der Waals surface area contributed by atoms with Crippen LogP contribution in [0, 0.1) is 19.8 Å². The normalized spacial score (nSPS) is 13.8. The molecular formula is C30H36O2. The maximum Gasteiger partial charge on any atom is 0.122 e. The summed E-state index contributed by atoms with van der Waals surface area (Å²) in [6.45, 7) is 12.5. The van der Waals surface area contributed by atoms with E-state index in [0.29, 0.717) is 19.1 Å². The van der Waals surface area contributed by atoms with E-state index in [4.69, 9.17) is 9.47 Å². The Morgan fingerprint density at radius 1 is 0.812 bits per heavy atom. The summed E-state index contributed by atoms with van der Waals surface area (Å²) in [6, 6.07) is 20.9. The lowest BCUT2D eigenvalue weighted by molar-refractivity contribution is 0.146. The highest BCUT2D eigenvalue weighted by Gasteiger charge is 2.45. The van der Waals surface area contributed by atoms with Gasteiger partial charge in [0.05, 0.1) is 6.61 Å². The SMILES string of the molecule is CCc1cc(C2(CC(C)C)c3cc(C)ccc3-c3ccc(C)cc32)ccc1OCCOC. The van der Waals surface area contributed by atoms with Gasteiger partial charge in [-0.25, -0.2) is 0 Å². The van der Waals surface area contributed by atoms with Crippen molar-refractivity contribution in [1.29, 1.82) is 0 Å². The van der Waals surface area contributed by atoms with Crippen LogP contribution < -0.4 is 4.74 Å². The summed E-state index contributed by atoms with van der Waals surface area (Å²) < 4.78 is 11.2. The molecule has 1 aliphatic rings. The molecule has 168 valence electrons. The quantitative estimate of drug-likeness (QED) is 0.352. The highest BCUT2D eigenvalue weighted by molar-refractivity contribution is 5.84. The number of rotatable bonds is 8. The van der Waals surface area contributed by atoms with Crippen LogP contribution >= 0.6 is 0 Å². The van der Waals surface area contributed by atoms with Gasteiger partial charge in [0.15, 0.2) is 0 Å². The monoisotopic (exact) mass is 428 g/mol. The van der Waals surface area contributed by atoms with Crippen molar-refractivity contribution in [3.05, 3.63) is 88.0 Å². The second-order valence-corrected chi connectivity index (χ2v) is 9.62. The summed E-state index contributed by atoms with van der Waals surface area (Å²) in [6.07, 6.45) is 2.02. The summed E-state index contributed by atoms with van der Waals surface area (Å²) in [5, 5.41) is 0. The molecule has 0 N–H and O–H groups in total. The van der Waals surface area contributed by atoms with E-state index in [1.807, 2.05) is 0 Å². The summed E-state index contributed by atoms with van der Waals surface area (Å²) in [5.41, 5.74) is 10.8. The zero-order valence-electron chi connectivity index (χ0n) is 20.4. The summed E-state index contributed by atoms with van der Waals surface area (Å²) in [4.78, 5) is 0. The van der Waals surface area contributed by atoms with Crippen molar-refractivity contribution in [2.75, 3.05) is 20.3 Å². The lowest BCUT2D eigenvalue weighted by Crippen LogP contribution is -2.29. The summed E-state index contributed by atoms with van der Waals surface area (Å²) in [7, 11) is 1.71. The van der Waals surface area contributed by atoms with E-state index in [0.717, 1.165) is 18.6 Å². The maximum atomic E-state index is 6.05. The first kappa shape index (κ1) is 22.6. The molecule has 4 rings (SSSR count). The van der Waals surface area contributed by atoms with Crippen molar-refractivity contribution >= 4 is 0 Å². The second-order valence-electron chi connectivity index (χ2n) is 9.62. The van der Waals surface area contributed by atoms with Crippen molar-refractivity contribution < 1.29 is 9.47 Å². The molecule has 2 nitrogen and oxygen atoms in total. The Morgan fingerprint density at radius 2 is 1.44 bits per heavy atom. The fourth-order valence-corrected chi connectivity index (χ4v) is 5.40. The van der Waals surface area contributed by atoms with Gasteiger partial charge in [-0.05, 0) is 72.1 Å². The molecule has 2 heteroatoms. The van der Waals surface area contributed by atoms with Gasteiger partial charge < -0.3 is 9.47 Å². The van der Waals surface area contributed by atoms with Gasteiger partial charge in [-0.15, -0.1) is 0 Å². The van der Waals surface area contributed by atoms with Crippen LogP contribution in [0.25, 0.3) is 11.1 Å². The van der Waals surface area contributed by atoms with Gasteiger partial charge >= 0.3 is 0 Å². The smallest absolute Gasteiger partial charge is 0.122 e. The fraction of sp³-hybridized carbons (Fsp3) is 0.400. The maximum absolute atomic E-state index is 6.05. The van der Waals surface area contributed by atoms with Crippen LogP contribution in [-0.4, -0.2) is 20.3 Å². The predicted octanol–water partition coefficient (Wildman–Crippen LogP) is 7.25. The Hall–Kier alpha value is -2.58. The molecule has 0 aromatic heterocycles. The molecule has 0 bridgehead atoms. The largest absolute Gasteiger partial charge is 0.491 e. The molecule has 0 atom stereocenters. The van der Waals surface area contributed by atoms with E-state index in [1.54, 1.807) is 7.11 Å². The average Bonchev–Trinajstić information content (AvgIpc) is 3.02. The number of methoxy groups -OCH3 is 1. The van der Waals surface area contributed by atoms with Crippen LogP contribution in [0.5, 0.6) is 5.75 Å². The first-order valence-electron chi connectivity index (χ1n) is 11.9. The molecule has 3 aromatic rings. The summed E-state index contributed by atoms with van der Waals surface area (Å²) in [5.74, 6) is 1.53. The molecule has 0 saturated carbocycles. The Morgan fingerprint density at radius 3 is 1.97 bits per heavy atom. The highest BCUT2D eigenvalue weighted by atomic mass is 16.5. The Balaban J connectivity index is 1.96. The number of hydrogen-bond acceptors (Lipinski definition) is 2. The lowest BCUT2D eigenvalue weighted by atomic mass is 9.67. The molecule has 3 aromatic carbocycles. The van der Waals surface area contributed by atoms with Crippen molar-refractivity contribution in [3.63, 3.8) is 0 Å². The summed E-state index contributed by atoms with van der Waals surface area (Å²) >= 11 is 0. The fourth-order valence-electron chi connectivity index (χ4n) is 5.40. The first-order chi connectivity index (χ1) is 15.4. The van der Waals surface area contributed by atoms with Crippen LogP contribution in [0.15, 0.2) is 54.6 Å². The minimum absolute atomic E-state index is 0.147. The third kappa shape index (κ3) is 3.86. The third-order valence-corrected chi connectivity index (χ3v) is 6.75. The van der Waals surface area contributed by atoms with Crippen LogP contribution in [0.3, 0.4) is 0 Å². The molecule has 0 unspecified atom stereocenters. The molecule has 0 aliphatic heterocycles. The lowest BCUT2D eigenvalue weighted by Gasteiger charge is -2.35.